The maximum Gasteiger partial charge on any atom is 0.217 e. The van der Waals surface area contributed by atoms with E-state index >= 15 is 0 Å². The van der Waals surface area contributed by atoms with Crippen LogP contribution in [0.1, 0.15) is 63.5 Å². The molecular weight excluding hydrogens is 338 g/mol. The van der Waals surface area contributed by atoms with E-state index in [0.29, 0.717) is 12.2 Å². The van der Waals surface area contributed by atoms with Crippen molar-refractivity contribution in [3.8, 4) is 11.3 Å². The molecule has 1 aliphatic heterocycles. The summed E-state index contributed by atoms with van der Waals surface area (Å²) in [5.74, 6) is 0.436. The molecular formula is C22H25N3O2. The number of imidazole rings is 1. The number of aromatic nitrogens is 2. The zero-order valence-electron chi connectivity index (χ0n) is 15.7. The number of nitrogens with zero attached hydrogens (tertiary/aromatic N) is 2. The average molecular weight is 363 g/mol. The first-order valence-corrected chi connectivity index (χ1v) is 9.95. The Morgan fingerprint density at radius 2 is 1.85 bits per heavy atom. The molecule has 1 N–H and O–H groups in total. The van der Waals surface area contributed by atoms with Gasteiger partial charge in [-0.3, -0.25) is 9.59 Å². The van der Waals surface area contributed by atoms with Gasteiger partial charge in [-0.25, -0.2) is 4.98 Å². The molecule has 3 saturated carbocycles. The van der Waals surface area contributed by atoms with Crippen LogP contribution in [-0.4, -0.2) is 26.8 Å². The van der Waals surface area contributed by atoms with E-state index in [1.54, 1.807) is 6.92 Å². The summed E-state index contributed by atoms with van der Waals surface area (Å²) in [6.07, 6.45) is 9.76. The Labute approximate surface area is 159 Å². The van der Waals surface area contributed by atoms with E-state index in [1.165, 1.54) is 11.1 Å². The summed E-state index contributed by atoms with van der Waals surface area (Å²) >= 11 is 0. The number of carbonyl (C=O) groups excluding carboxylic acids is 2. The zero-order valence-corrected chi connectivity index (χ0v) is 15.7. The first kappa shape index (κ1) is 16.7. The van der Waals surface area contributed by atoms with Crippen molar-refractivity contribution in [1.82, 2.24) is 14.9 Å². The summed E-state index contributed by atoms with van der Waals surface area (Å²) in [5.41, 5.74) is 3.28. The number of benzene rings is 1. The van der Waals surface area contributed by atoms with Crippen molar-refractivity contribution in [1.29, 1.82) is 0 Å². The largest absolute Gasteiger partial charge is 0.351 e. The SMILES string of the molecule is CC(=O)NC12CCC(C(=O)CC3c4ccccc4-c4cncn43)(CC1)CC2. The number of carbonyl (C=O) groups is 2. The smallest absolute Gasteiger partial charge is 0.217 e. The number of Topliss-reactive ketones (excluding diaryl/α,β-unsaturated/α-hetero) is 1. The Morgan fingerprint density at radius 3 is 2.56 bits per heavy atom. The summed E-state index contributed by atoms with van der Waals surface area (Å²) in [5, 5.41) is 3.17. The van der Waals surface area contributed by atoms with Crippen molar-refractivity contribution in [2.24, 2.45) is 5.41 Å². The summed E-state index contributed by atoms with van der Waals surface area (Å²) in [4.78, 5) is 29.3. The molecule has 3 fully saturated rings. The molecule has 5 heteroatoms. The second-order valence-corrected chi connectivity index (χ2v) is 8.66. The number of nitrogens with one attached hydrogen (secondary N) is 1. The van der Waals surface area contributed by atoms with Crippen LogP contribution in [0.25, 0.3) is 11.3 Å². The normalized spacial score (nSPS) is 30.6. The number of fused-ring (bicyclic) bond motifs is 6. The summed E-state index contributed by atoms with van der Waals surface area (Å²) in [6, 6.07) is 8.42. The Balaban J connectivity index is 1.38. The molecule has 140 valence electrons. The third-order valence-corrected chi connectivity index (χ3v) is 7.26. The van der Waals surface area contributed by atoms with E-state index in [1.807, 2.05) is 18.6 Å². The van der Waals surface area contributed by atoms with Gasteiger partial charge in [0.2, 0.25) is 5.91 Å². The van der Waals surface area contributed by atoms with Gasteiger partial charge in [0.25, 0.3) is 0 Å². The second-order valence-electron chi connectivity index (χ2n) is 8.66. The molecule has 27 heavy (non-hydrogen) atoms. The fourth-order valence-corrected chi connectivity index (χ4v) is 5.70. The topological polar surface area (TPSA) is 64.0 Å². The monoisotopic (exact) mass is 363 g/mol. The zero-order chi connectivity index (χ0) is 18.6. The molecule has 0 radical (unpaired) electrons. The minimum Gasteiger partial charge on any atom is -0.351 e. The van der Waals surface area contributed by atoms with Crippen molar-refractivity contribution in [3.63, 3.8) is 0 Å². The van der Waals surface area contributed by atoms with Crippen LogP contribution in [0.3, 0.4) is 0 Å². The molecule has 3 aliphatic carbocycles. The highest BCUT2D eigenvalue weighted by Gasteiger charge is 2.52. The lowest BCUT2D eigenvalue weighted by molar-refractivity contribution is -0.137. The molecule has 1 unspecified atom stereocenters. The van der Waals surface area contributed by atoms with Gasteiger partial charge in [0.15, 0.2) is 0 Å². The van der Waals surface area contributed by atoms with E-state index in [9.17, 15) is 9.59 Å². The van der Waals surface area contributed by atoms with Gasteiger partial charge in [-0.2, -0.15) is 0 Å². The van der Waals surface area contributed by atoms with Crippen LogP contribution in [0, 0.1) is 5.41 Å². The van der Waals surface area contributed by atoms with E-state index < -0.39 is 0 Å². The molecule has 2 bridgehead atoms. The van der Waals surface area contributed by atoms with Gasteiger partial charge in [0, 0.05) is 29.9 Å². The minimum absolute atomic E-state index is 0.0472. The van der Waals surface area contributed by atoms with Crippen LogP contribution in [0.2, 0.25) is 0 Å². The number of amides is 1. The summed E-state index contributed by atoms with van der Waals surface area (Å²) in [6.45, 7) is 1.59. The maximum atomic E-state index is 13.5. The lowest BCUT2D eigenvalue weighted by atomic mass is 9.55. The number of hydrogen-bond donors (Lipinski definition) is 1. The van der Waals surface area contributed by atoms with Crippen LogP contribution in [0.4, 0.5) is 0 Å². The van der Waals surface area contributed by atoms with Crippen molar-refractivity contribution >= 4 is 11.7 Å². The van der Waals surface area contributed by atoms with E-state index in [4.69, 9.17) is 0 Å². The molecule has 4 aliphatic rings. The van der Waals surface area contributed by atoms with Gasteiger partial charge in [0.05, 0.1) is 24.3 Å². The van der Waals surface area contributed by atoms with Crippen molar-refractivity contribution in [2.45, 2.75) is 63.5 Å². The van der Waals surface area contributed by atoms with E-state index in [0.717, 1.165) is 44.2 Å². The Kier molecular flexibility index (Phi) is 3.58. The highest BCUT2D eigenvalue weighted by atomic mass is 16.1. The number of hydrogen-bond acceptors (Lipinski definition) is 3. The number of ketones is 1. The van der Waals surface area contributed by atoms with Crippen molar-refractivity contribution in [3.05, 3.63) is 42.4 Å². The molecule has 2 heterocycles. The highest BCUT2D eigenvalue weighted by molar-refractivity contribution is 5.87. The quantitative estimate of drug-likeness (QED) is 0.902. The average Bonchev–Trinajstić information content (AvgIpc) is 3.25. The highest BCUT2D eigenvalue weighted by Crippen LogP contribution is 2.54. The van der Waals surface area contributed by atoms with Crippen LogP contribution in [-0.2, 0) is 9.59 Å². The molecule has 1 aromatic heterocycles. The van der Waals surface area contributed by atoms with Gasteiger partial charge in [-0.05, 0) is 44.1 Å². The molecule has 6 rings (SSSR count). The lowest BCUT2D eigenvalue weighted by Crippen LogP contribution is -2.58. The molecule has 1 amide bonds. The van der Waals surface area contributed by atoms with Gasteiger partial charge < -0.3 is 9.88 Å². The van der Waals surface area contributed by atoms with Crippen LogP contribution >= 0.6 is 0 Å². The third-order valence-electron chi connectivity index (χ3n) is 7.26. The molecule has 0 saturated heterocycles. The molecule has 2 aromatic rings. The maximum absolute atomic E-state index is 13.5. The van der Waals surface area contributed by atoms with Crippen LogP contribution < -0.4 is 5.32 Å². The Bertz CT molecular complexity index is 905. The van der Waals surface area contributed by atoms with E-state index in [-0.39, 0.29) is 22.9 Å². The number of rotatable bonds is 4. The Hall–Kier alpha value is -2.43. The molecule has 1 aromatic carbocycles. The fourth-order valence-electron chi connectivity index (χ4n) is 5.70. The minimum atomic E-state index is -0.196. The van der Waals surface area contributed by atoms with Gasteiger partial charge >= 0.3 is 0 Å². The van der Waals surface area contributed by atoms with Gasteiger partial charge in [-0.1, -0.05) is 24.3 Å². The van der Waals surface area contributed by atoms with Crippen LogP contribution in [0.5, 0.6) is 0 Å². The van der Waals surface area contributed by atoms with Crippen molar-refractivity contribution in [2.75, 3.05) is 0 Å². The van der Waals surface area contributed by atoms with Gasteiger partial charge in [0.1, 0.15) is 5.78 Å². The molecule has 1 atom stereocenters. The predicted octanol–water partition coefficient (Wildman–Crippen LogP) is 3.64. The standard InChI is InChI=1S/C22H25N3O2/c1-15(26)24-22-9-6-21(7-10-22,8-11-22)20(27)12-18-16-4-2-3-5-17(16)19-13-23-14-25(18)19/h2-5,13-14,18H,6-12H2,1H3,(H,24,26). The second kappa shape index (κ2) is 5.78. The van der Waals surface area contributed by atoms with Crippen molar-refractivity contribution < 1.29 is 9.59 Å². The predicted molar refractivity (Wildman–Crippen MR) is 102 cm³/mol. The van der Waals surface area contributed by atoms with Gasteiger partial charge in [-0.15, -0.1) is 0 Å². The first-order valence-electron chi connectivity index (χ1n) is 9.95. The third kappa shape index (κ3) is 2.47. The molecule has 5 nitrogen and oxygen atoms in total. The first-order chi connectivity index (χ1) is 13.0. The lowest BCUT2D eigenvalue weighted by Gasteiger charge is -2.53. The molecule has 0 spiro atoms. The van der Waals surface area contributed by atoms with E-state index in [2.05, 4.69) is 33.1 Å². The summed E-state index contributed by atoms with van der Waals surface area (Å²) < 4.78 is 2.16. The van der Waals surface area contributed by atoms with Crippen LogP contribution in [0.15, 0.2) is 36.8 Å². The Morgan fingerprint density at radius 1 is 1.15 bits per heavy atom. The summed E-state index contributed by atoms with van der Waals surface area (Å²) in [7, 11) is 0. The fraction of sp³-hybridized carbons (Fsp3) is 0.500.